The summed E-state index contributed by atoms with van der Waals surface area (Å²) >= 11 is 0. The minimum Gasteiger partial charge on any atom is -0.489 e. The van der Waals surface area contributed by atoms with Crippen molar-refractivity contribution < 1.29 is 9.53 Å². The molecular formula is C14H20N2O2. The summed E-state index contributed by atoms with van der Waals surface area (Å²) in [7, 11) is 0. The summed E-state index contributed by atoms with van der Waals surface area (Å²) in [5.74, 6) is 0.805. The van der Waals surface area contributed by atoms with Crippen molar-refractivity contribution in [3.8, 4) is 5.75 Å². The van der Waals surface area contributed by atoms with E-state index in [4.69, 9.17) is 4.74 Å². The zero-order valence-corrected chi connectivity index (χ0v) is 11.2. The van der Waals surface area contributed by atoms with Crippen molar-refractivity contribution in [2.24, 2.45) is 5.41 Å². The first-order chi connectivity index (χ1) is 8.51. The zero-order chi connectivity index (χ0) is 13.2. The topological polar surface area (TPSA) is 51.2 Å². The molecule has 1 N–H and O–H groups in total. The van der Waals surface area contributed by atoms with Gasteiger partial charge in [0.25, 0.3) is 0 Å². The number of carbonyl (C=O) groups excluding carboxylic acids is 1. The molecule has 98 valence electrons. The Morgan fingerprint density at radius 1 is 1.50 bits per heavy atom. The lowest BCUT2D eigenvalue weighted by Gasteiger charge is -2.21. The van der Waals surface area contributed by atoms with Crippen molar-refractivity contribution in [1.82, 2.24) is 10.3 Å². The first kappa shape index (κ1) is 13.0. The maximum absolute atomic E-state index is 12.5. The van der Waals surface area contributed by atoms with Crippen LogP contribution >= 0.6 is 0 Å². The molecule has 1 atom stereocenters. The van der Waals surface area contributed by atoms with E-state index in [-0.39, 0.29) is 17.3 Å². The third-order valence-electron chi connectivity index (χ3n) is 3.26. The van der Waals surface area contributed by atoms with Gasteiger partial charge < -0.3 is 10.1 Å². The molecule has 1 saturated heterocycles. The van der Waals surface area contributed by atoms with Crippen molar-refractivity contribution in [1.29, 1.82) is 0 Å². The van der Waals surface area contributed by atoms with Crippen LogP contribution in [0.15, 0.2) is 18.5 Å². The fourth-order valence-corrected chi connectivity index (χ4v) is 2.24. The number of ether oxygens (including phenoxy) is 1. The second-order valence-electron chi connectivity index (χ2n) is 5.39. The van der Waals surface area contributed by atoms with E-state index in [1.165, 1.54) is 0 Å². The van der Waals surface area contributed by atoms with E-state index in [0.717, 1.165) is 19.5 Å². The smallest absolute Gasteiger partial charge is 0.171 e. The van der Waals surface area contributed by atoms with E-state index in [0.29, 0.717) is 11.3 Å². The van der Waals surface area contributed by atoms with Gasteiger partial charge in [0.05, 0.1) is 12.3 Å². The Balaban J connectivity index is 2.20. The van der Waals surface area contributed by atoms with E-state index in [1.807, 2.05) is 20.8 Å². The average Bonchev–Trinajstić information content (AvgIpc) is 2.76. The second kappa shape index (κ2) is 5.06. The molecule has 1 aromatic rings. The van der Waals surface area contributed by atoms with Crippen LogP contribution in [-0.4, -0.2) is 30.0 Å². The highest BCUT2D eigenvalue weighted by Crippen LogP contribution is 2.29. The van der Waals surface area contributed by atoms with E-state index in [9.17, 15) is 4.79 Å². The van der Waals surface area contributed by atoms with Crippen LogP contribution < -0.4 is 10.1 Å². The summed E-state index contributed by atoms with van der Waals surface area (Å²) in [6.07, 6.45) is 4.23. The van der Waals surface area contributed by atoms with Gasteiger partial charge in [-0.3, -0.25) is 9.78 Å². The molecule has 1 unspecified atom stereocenters. The molecule has 2 heterocycles. The molecule has 18 heavy (non-hydrogen) atoms. The molecule has 0 aliphatic carbocycles. The predicted octanol–water partition coefficient (Wildman–Crippen LogP) is 2.05. The van der Waals surface area contributed by atoms with Gasteiger partial charge in [0.1, 0.15) is 5.75 Å². The lowest BCUT2D eigenvalue weighted by atomic mass is 9.82. The lowest BCUT2D eigenvalue weighted by molar-refractivity contribution is 0.0838. The Morgan fingerprint density at radius 2 is 2.28 bits per heavy atom. The molecule has 0 saturated carbocycles. The first-order valence-electron chi connectivity index (χ1n) is 6.38. The fraction of sp³-hybridized carbons (Fsp3) is 0.571. The summed E-state index contributed by atoms with van der Waals surface area (Å²) in [4.78, 5) is 16.6. The molecule has 1 aliphatic rings. The third-order valence-corrected chi connectivity index (χ3v) is 3.26. The second-order valence-corrected chi connectivity index (χ2v) is 5.39. The summed E-state index contributed by atoms with van der Waals surface area (Å²) in [6, 6.07) is 1.79. The van der Waals surface area contributed by atoms with Gasteiger partial charge in [-0.05, 0) is 32.9 Å². The van der Waals surface area contributed by atoms with Crippen molar-refractivity contribution in [2.75, 3.05) is 13.1 Å². The number of ketones is 1. The minimum atomic E-state index is -0.307. The van der Waals surface area contributed by atoms with Gasteiger partial charge in [0, 0.05) is 23.7 Å². The number of carbonyl (C=O) groups is 1. The van der Waals surface area contributed by atoms with E-state index >= 15 is 0 Å². The largest absolute Gasteiger partial charge is 0.489 e. The number of nitrogens with zero attached hydrogens (tertiary/aromatic N) is 1. The molecule has 0 bridgehead atoms. The van der Waals surface area contributed by atoms with Crippen molar-refractivity contribution in [3.63, 3.8) is 0 Å². The molecule has 2 rings (SSSR count). The minimum absolute atomic E-state index is 0.0842. The van der Waals surface area contributed by atoms with Gasteiger partial charge in [0.15, 0.2) is 5.78 Å². The zero-order valence-electron chi connectivity index (χ0n) is 11.2. The molecule has 1 aromatic heterocycles. The van der Waals surface area contributed by atoms with Crippen LogP contribution in [0.5, 0.6) is 5.75 Å². The average molecular weight is 248 g/mol. The van der Waals surface area contributed by atoms with Crippen LogP contribution in [0.4, 0.5) is 0 Å². The number of nitrogens with one attached hydrogen (secondary N) is 1. The number of rotatable bonds is 4. The maximum Gasteiger partial charge on any atom is 0.171 e. The summed E-state index contributed by atoms with van der Waals surface area (Å²) in [6.45, 7) is 7.55. The van der Waals surface area contributed by atoms with Gasteiger partial charge in [-0.2, -0.15) is 0 Å². The van der Waals surface area contributed by atoms with E-state index < -0.39 is 0 Å². The summed E-state index contributed by atoms with van der Waals surface area (Å²) < 4.78 is 5.57. The molecule has 1 aliphatic heterocycles. The van der Waals surface area contributed by atoms with Crippen LogP contribution in [0.1, 0.15) is 37.6 Å². The Hall–Kier alpha value is -1.42. The number of Topliss-reactive ketones (excluding diaryl/α,β-unsaturated/α-hetero) is 1. The molecule has 0 aromatic carbocycles. The van der Waals surface area contributed by atoms with Crippen LogP contribution in [-0.2, 0) is 0 Å². The predicted molar refractivity (Wildman–Crippen MR) is 69.9 cm³/mol. The van der Waals surface area contributed by atoms with Crippen LogP contribution in [0.2, 0.25) is 0 Å². The van der Waals surface area contributed by atoms with Crippen molar-refractivity contribution >= 4 is 5.78 Å². The Labute approximate surface area is 108 Å². The van der Waals surface area contributed by atoms with Gasteiger partial charge in [-0.25, -0.2) is 0 Å². The van der Waals surface area contributed by atoms with Crippen LogP contribution in [0.25, 0.3) is 0 Å². The van der Waals surface area contributed by atoms with Crippen LogP contribution in [0, 0.1) is 5.41 Å². The molecule has 0 amide bonds. The van der Waals surface area contributed by atoms with Crippen molar-refractivity contribution in [2.45, 2.75) is 33.3 Å². The standard InChI is InChI=1S/C14H20N2O2/c1-10(2)18-12-6-11(7-16-8-12)13(17)14(3)4-5-15-9-14/h6-8,10,15H,4-5,9H2,1-3H3. The van der Waals surface area contributed by atoms with Gasteiger partial charge in [0.2, 0.25) is 0 Å². The quantitative estimate of drug-likeness (QED) is 0.829. The molecular weight excluding hydrogens is 228 g/mol. The van der Waals surface area contributed by atoms with Crippen LogP contribution in [0.3, 0.4) is 0 Å². The Bertz CT molecular complexity index is 437. The highest BCUT2D eigenvalue weighted by Gasteiger charge is 2.36. The molecule has 4 nitrogen and oxygen atoms in total. The van der Waals surface area contributed by atoms with E-state index in [1.54, 1.807) is 18.5 Å². The number of pyridine rings is 1. The SMILES string of the molecule is CC(C)Oc1cncc(C(=O)C2(C)CCNC2)c1. The highest BCUT2D eigenvalue weighted by molar-refractivity contribution is 6.00. The van der Waals surface area contributed by atoms with Crippen molar-refractivity contribution in [3.05, 3.63) is 24.0 Å². The summed E-state index contributed by atoms with van der Waals surface area (Å²) in [5, 5.41) is 3.24. The van der Waals surface area contributed by atoms with E-state index in [2.05, 4.69) is 10.3 Å². The fourth-order valence-electron chi connectivity index (χ4n) is 2.24. The van der Waals surface area contributed by atoms with Gasteiger partial charge >= 0.3 is 0 Å². The van der Waals surface area contributed by atoms with Gasteiger partial charge in [-0.1, -0.05) is 6.92 Å². The molecule has 1 fully saturated rings. The first-order valence-corrected chi connectivity index (χ1v) is 6.38. The monoisotopic (exact) mass is 248 g/mol. The van der Waals surface area contributed by atoms with Gasteiger partial charge in [-0.15, -0.1) is 0 Å². The Kier molecular flexibility index (Phi) is 3.66. The molecule has 0 spiro atoms. The summed E-state index contributed by atoms with van der Waals surface area (Å²) in [5.41, 5.74) is 0.331. The maximum atomic E-state index is 12.5. The normalized spacial score (nSPS) is 23.3. The third kappa shape index (κ3) is 2.70. The number of aromatic nitrogens is 1. The lowest BCUT2D eigenvalue weighted by Crippen LogP contribution is -2.30. The Morgan fingerprint density at radius 3 is 2.89 bits per heavy atom. The molecule has 4 heteroatoms. The molecule has 0 radical (unpaired) electrons. The highest BCUT2D eigenvalue weighted by atomic mass is 16.5. The number of hydrogen-bond acceptors (Lipinski definition) is 4. The number of hydrogen-bond donors (Lipinski definition) is 1.